The van der Waals surface area contributed by atoms with Crippen molar-refractivity contribution in [1.82, 2.24) is 10.2 Å². The molecule has 0 radical (unpaired) electrons. The maximum absolute atomic E-state index is 6.29. The van der Waals surface area contributed by atoms with Gasteiger partial charge in [0.2, 0.25) is 11.8 Å². The van der Waals surface area contributed by atoms with Crippen molar-refractivity contribution in [3.8, 4) is 0 Å². The van der Waals surface area contributed by atoms with Crippen molar-refractivity contribution in [2.75, 3.05) is 0 Å². The van der Waals surface area contributed by atoms with Gasteiger partial charge in [-0.3, -0.25) is 0 Å². The highest BCUT2D eigenvalue weighted by Gasteiger charge is 2.18. The molecule has 0 spiro atoms. The second-order valence-corrected chi connectivity index (χ2v) is 4.84. The Hall–Kier alpha value is -1.35. The average Bonchev–Trinajstić information content (AvgIpc) is 2.77. The molecule has 0 saturated heterocycles. The second-order valence-electron chi connectivity index (χ2n) is 4.41. The van der Waals surface area contributed by atoms with Crippen molar-refractivity contribution in [3.05, 3.63) is 47.7 Å². The molecule has 2 aromatic rings. The number of hydrogen-bond acceptors (Lipinski definition) is 3. The third kappa shape index (κ3) is 3.07. The summed E-state index contributed by atoms with van der Waals surface area (Å²) in [6.07, 6.45) is 0.783. The van der Waals surface area contributed by atoms with E-state index in [1.165, 1.54) is 0 Å². The zero-order chi connectivity index (χ0) is 12.3. The van der Waals surface area contributed by atoms with Gasteiger partial charge in [0.25, 0.3) is 0 Å². The van der Waals surface area contributed by atoms with Crippen LogP contribution in [0.15, 0.2) is 34.7 Å². The molecule has 0 bridgehead atoms. The molecule has 4 heteroatoms. The first-order valence-electron chi connectivity index (χ1n) is 5.68. The van der Waals surface area contributed by atoms with Crippen molar-refractivity contribution in [3.63, 3.8) is 0 Å². The highest BCUT2D eigenvalue weighted by atomic mass is 35.5. The van der Waals surface area contributed by atoms with Crippen LogP contribution >= 0.6 is 11.6 Å². The van der Waals surface area contributed by atoms with Crippen LogP contribution in [-0.4, -0.2) is 10.2 Å². The Morgan fingerprint density at radius 2 is 1.88 bits per heavy atom. The largest absolute Gasteiger partial charge is 0.423 e. The molecule has 0 fully saturated rings. The summed E-state index contributed by atoms with van der Waals surface area (Å²) in [7, 11) is 0. The Bertz CT molecular complexity index is 467. The summed E-state index contributed by atoms with van der Waals surface area (Å²) in [5.41, 5.74) is 0.967. The first-order chi connectivity index (χ1) is 8.16. The lowest BCUT2D eigenvalue weighted by molar-refractivity contribution is 0.428. The number of hydrogen-bond donors (Lipinski definition) is 0. The van der Waals surface area contributed by atoms with Crippen LogP contribution in [0.4, 0.5) is 0 Å². The third-order valence-corrected chi connectivity index (χ3v) is 2.81. The predicted molar refractivity (Wildman–Crippen MR) is 67.0 cm³/mol. The number of benzene rings is 1. The van der Waals surface area contributed by atoms with Crippen LogP contribution in [0.1, 0.15) is 36.6 Å². The molecule has 2 rings (SSSR count). The summed E-state index contributed by atoms with van der Waals surface area (Å²) in [4.78, 5) is 0. The van der Waals surface area contributed by atoms with Gasteiger partial charge < -0.3 is 4.42 Å². The van der Waals surface area contributed by atoms with Crippen molar-refractivity contribution in [2.45, 2.75) is 25.6 Å². The van der Waals surface area contributed by atoms with E-state index in [-0.39, 0.29) is 5.38 Å². The number of alkyl halides is 1. The van der Waals surface area contributed by atoms with Crippen molar-refractivity contribution >= 4 is 11.6 Å². The average molecular weight is 251 g/mol. The van der Waals surface area contributed by atoms with Crippen LogP contribution in [-0.2, 0) is 6.42 Å². The Balaban J connectivity index is 2.15. The van der Waals surface area contributed by atoms with Gasteiger partial charge in [-0.25, -0.2) is 0 Å². The topological polar surface area (TPSA) is 38.9 Å². The molecular weight excluding hydrogens is 236 g/mol. The number of rotatable bonds is 4. The fourth-order valence-electron chi connectivity index (χ4n) is 1.57. The van der Waals surface area contributed by atoms with E-state index >= 15 is 0 Å². The monoisotopic (exact) mass is 250 g/mol. The van der Waals surface area contributed by atoms with E-state index in [1.54, 1.807) is 0 Å². The van der Waals surface area contributed by atoms with Gasteiger partial charge in [-0.1, -0.05) is 44.2 Å². The molecule has 17 heavy (non-hydrogen) atoms. The van der Waals surface area contributed by atoms with Gasteiger partial charge in [0, 0.05) is 6.42 Å². The van der Waals surface area contributed by atoms with Crippen molar-refractivity contribution < 1.29 is 4.42 Å². The molecule has 0 N–H and O–H groups in total. The fourth-order valence-corrected chi connectivity index (χ4v) is 1.80. The zero-order valence-corrected chi connectivity index (χ0v) is 10.7. The Labute approximate surface area is 106 Å². The van der Waals surface area contributed by atoms with E-state index in [2.05, 4.69) is 24.0 Å². The minimum Gasteiger partial charge on any atom is -0.423 e. The molecular formula is C13H15ClN2O. The molecule has 0 saturated carbocycles. The zero-order valence-electron chi connectivity index (χ0n) is 9.93. The number of aromatic nitrogens is 2. The van der Waals surface area contributed by atoms with E-state index in [1.807, 2.05) is 30.3 Å². The molecule has 1 heterocycles. The summed E-state index contributed by atoms with van der Waals surface area (Å²) in [6.45, 7) is 4.22. The number of nitrogens with zero attached hydrogens (tertiary/aromatic N) is 2. The fraction of sp³-hybridized carbons (Fsp3) is 0.385. The van der Waals surface area contributed by atoms with E-state index in [9.17, 15) is 0 Å². The minimum absolute atomic E-state index is 0.371. The molecule has 90 valence electrons. The molecule has 0 aliphatic rings. The molecule has 0 aliphatic heterocycles. The second kappa shape index (κ2) is 5.32. The predicted octanol–water partition coefficient (Wildman–Crippen LogP) is 3.60. The minimum atomic E-state index is -0.371. The van der Waals surface area contributed by atoms with Gasteiger partial charge in [-0.2, -0.15) is 0 Å². The lowest BCUT2D eigenvalue weighted by Crippen LogP contribution is -1.93. The highest BCUT2D eigenvalue weighted by molar-refractivity contribution is 6.22. The van der Waals surface area contributed by atoms with Crippen LogP contribution in [0.25, 0.3) is 0 Å². The molecule has 1 aromatic heterocycles. The quantitative estimate of drug-likeness (QED) is 0.779. The maximum Gasteiger partial charge on any atom is 0.238 e. The first kappa shape index (κ1) is 12.1. The van der Waals surface area contributed by atoms with Gasteiger partial charge in [0.15, 0.2) is 0 Å². The van der Waals surface area contributed by atoms with Crippen LogP contribution in [0.3, 0.4) is 0 Å². The number of halogens is 1. The van der Waals surface area contributed by atoms with Crippen LogP contribution < -0.4 is 0 Å². The lowest BCUT2D eigenvalue weighted by atomic mass is 10.1. The van der Waals surface area contributed by atoms with E-state index in [0.717, 1.165) is 12.0 Å². The highest BCUT2D eigenvalue weighted by Crippen LogP contribution is 2.27. The van der Waals surface area contributed by atoms with Crippen LogP contribution in [0.5, 0.6) is 0 Å². The summed E-state index contributed by atoms with van der Waals surface area (Å²) in [5.74, 6) is 1.61. The van der Waals surface area contributed by atoms with Crippen LogP contribution in [0, 0.1) is 5.92 Å². The van der Waals surface area contributed by atoms with E-state index in [4.69, 9.17) is 16.0 Å². The smallest absolute Gasteiger partial charge is 0.238 e. The third-order valence-electron chi connectivity index (χ3n) is 2.37. The summed E-state index contributed by atoms with van der Waals surface area (Å²) in [5, 5.41) is 7.63. The standard InChI is InChI=1S/C13H15ClN2O/c1-9(2)8-11-15-16-13(17-11)12(14)10-6-4-3-5-7-10/h3-7,9,12H,8H2,1-2H3. The normalized spacial score (nSPS) is 12.9. The Morgan fingerprint density at radius 1 is 1.18 bits per heavy atom. The SMILES string of the molecule is CC(C)Cc1nnc(C(Cl)c2ccccc2)o1. The molecule has 3 nitrogen and oxygen atoms in total. The van der Waals surface area contributed by atoms with Gasteiger partial charge in [0.1, 0.15) is 5.38 Å². The molecule has 1 unspecified atom stereocenters. The Morgan fingerprint density at radius 3 is 2.53 bits per heavy atom. The van der Waals surface area contributed by atoms with Crippen LogP contribution in [0.2, 0.25) is 0 Å². The Kier molecular flexibility index (Phi) is 3.79. The van der Waals surface area contributed by atoms with Crippen molar-refractivity contribution in [2.24, 2.45) is 5.92 Å². The molecule has 0 amide bonds. The van der Waals surface area contributed by atoms with Crippen molar-refractivity contribution in [1.29, 1.82) is 0 Å². The molecule has 1 aromatic carbocycles. The first-order valence-corrected chi connectivity index (χ1v) is 6.11. The lowest BCUT2D eigenvalue weighted by Gasteiger charge is -2.04. The summed E-state index contributed by atoms with van der Waals surface area (Å²) >= 11 is 6.29. The van der Waals surface area contributed by atoms with Gasteiger partial charge in [0.05, 0.1) is 0 Å². The van der Waals surface area contributed by atoms with E-state index < -0.39 is 0 Å². The summed E-state index contributed by atoms with van der Waals surface area (Å²) in [6, 6.07) is 9.73. The van der Waals surface area contributed by atoms with Gasteiger partial charge in [-0.05, 0) is 11.5 Å². The summed E-state index contributed by atoms with van der Waals surface area (Å²) < 4.78 is 5.56. The molecule has 1 atom stereocenters. The van der Waals surface area contributed by atoms with Gasteiger partial charge in [-0.15, -0.1) is 21.8 Å². The molecule has 0 aliphatic carbocycles. The maximum atomic E-state index is 6.29. The van der Waals surface area contributed by atoms with Gasteiger partial charge >= 0.3 is 0 Å². The van der Waals surface area contributed by atoms with E-state index in [0.29, 0.717) is 17.7 Å².